The van der Waals surface area contributed by atoms with Crippen LogP contribution in [0.2, 0.25) is 0 Å². The number of anilines is 3. The van der Waals surface area contributed by atoms with Gasteiger partial charge in [0.25, 0.3) is 5.91 Å². The molecule has 0 spiro atoms. The average molecular weight is 366 g/mol. The average Bonchev–Trinajstić information content (AvgIpc) is 3.07. The molecule has 2 atom stereocenters. The lowest BCUT2D eigenvalue weighted by atomic mass is 9.91. The van der Waals surface area contributed by atoms with E-state index in [2.05, 4.69) is 25.7 Å². The predicted molar refractivity (Wildman–Crippen MR) is 103 cm³/mol. The van der Waals surface area contributed by atoms with E-state index in [1.807, 2.05) is 24.4 Å². The summed E-state index contributed by atoms with van der Waals surface area (Å²) in [5.74, 6) is 0.152. The van der Waals surface area contributed by atoms with Crippen LogP contribution in [0.5, 0.6) is 0 Å². The third-order valence-electron chi connectivity index (χ3n) is 4.87. The smallest absolute Gasteiger partial charge is 0.254 e. The molecule has 0 saturated heterocycles. The standard InChI is InChI=1S/C18H22N8O/c19-12-5-1-2-6-13(12)24-18-21-9-11(16(20)27)17(25-18)23-14-10-22-26-8-4-3-7-15(14)26/h3-4,7-10,12-13H,1-2,5-6,19H2,(H2,20,27)(H2,21,23,24,25)/t12-,13+/m0/s1. The van der Waals surface area contributed by atoms with Gasteiger partial charge in [0.05, 0.1) is 17.4 Å². The van der Waals surface area contributed by atoms with Gasteiger partial charge in [-0.2, -0.15) is 10.1 Å². The molecule has 27 heavy (non-hydrogen) atoms. The summed E-state index contributed by atoms with van der Waals surface area (Å²) in [7, 11) is 0. The summed E-state index contributed by atoms with van der Waals surface area (Å²) in [5, 5.41) is 10.7. The van der Waals surface area contributed by atoms with Crippen LogP contribution < -0.4 is 22.1 Å². The van der Waals surface area contributed by atoms with Crippen LogP contribution >= 0.6 is 0 Å². The molecule has 9 heteroatoms. The van der Waals surface area contributed by atoms with Crippen molar-refractivity contribution in [1.82, 2.24) is 19.6 Å². The normalized spacial score (nSPS) is 19.7. The highest BCUT2D eigenvalue weighted by molar-refractivity contribution is 5.98. The zero-order valence-electron chi connectivity index (χ0n) is 14.8. The van der Waals surface area contributed by atoms with Crippen molar-refractivity contribution in [3.05, 3.63) is 42.4 Å². The van der Waals surface area contributed by atoms with E-state index in [9.17, 15) is 4.79 Å². The number of nitrogens with one attached hydrogen (secondary N) is 2. The first-order valence-corrected chi connectivity index (χ1v) is 9.00. The molecule has 1 saturated carbocycles. The van der Waals surface area contributed by atoms with Crippen molar-refractivity contribution in [2.45, 2.75) is 37.8 Å². The van der Waals surface area contributed by atoms with E-state index >= 15 is 0 Å². The third-order valence-corrected chi connectivity index (χ3v) is 4.87. The van der Waals surface area contributed by atoms with Gasteiger partial charge in [0.2, 0.25) is 5.95 Å². The first-order valence-electron chi connectivity index (χ1n) is 9.00. The maximum Gasteiger partial charge on any atom is 0.254 e. The summed E-state index contributed by atoms with van der Waals surface area (Å²) < 4.78 is 1.73. The molecule has 0 bridgehead atoms. The quantitative estimate of drug-likeness (QED) is 0.539. The maximum atomic E-state index is 11.8. The number of carbonyl (C=O) groups excluding carboxylic acids is 1. The number of fused-ring (bicyclic) bond motifs is 1. The molecule has 9 nitrogen and oxygen atoms in total. The summed E-state index contributed by atoms with van der Waals surface area (Å²) in [6.07, 6.45) is 9.16. The molecule has 140 valence electrons. The Morgan fingerprint density at radius 3 is 2.89 bits per heavy atom. The van der Waals surface area contributed by atoms with Crippen molar-refractivity contribution in [2.75, 3.05) is 10.6 Å². The lowest BCUT2D eigenvalue weighted by molar-refractivity contribution is 0.100. The first kappa shape index (κ1) is 17.2. The van der Waals surface area contributed by atoms with E-state index in [4.69, 9.17) is 11.5 Å². The number of nitrogens with two attached hydrogens (primary N) is 2. The monoisotopic (exact) mass is 366 g/mol. The Morgan fingerprint density at radius 1 is 1.22 bits per heavy atom. The van der Waals surface area contributed by atoms with Crippen LogP contribution in [0.15, 0.2) is 36.8 Å². The molecule has 4 rings (SSSR count). The number of hydrogen-bond donors (Lipinski definition) is 4. The second-order valence-corrected chi connectivity index (χ2v) is 6.73. The summed E-state index contributed by atoms with van der Waals surface area (Å²) in [6.45, 7) is 0. The summed E-state index contributed by atoms with van der Waals surface area (Å²) in [4.78, 5) is 20.5. The third kappa shape index (κ3) is 3.54. The Hall–Kier alpha value is -3.20. The molecule has 6 N–H and O–H groups in total. The van der Waals surface area contributed by atoms with Crippen LogP contribution in [0.1, 0.15) is 36.0 Å². The Balaban J connectivity index is 1.64. The van der Waals surface area contributed by atoms with Gasteiger partial charge >= 0.3 is 0 Å². The number of amides is 1. The van der Waals surface area contributed by atoms with Gasteiger partial charge in [0.15, 0.2) is 0 Å². The van der Waals surface area contributed by atoms with Crippen LogP contribution in [0.3, 0.4) is 0 Å². The van der Waals surface area contributed by atoms with E-state index < -0.39 is 5.91 Å². The molecule has 1 aliphatic carbocycles. The van der Waals surface area contributed by atoms with Crippen LogP contribution in [-0.2, 0) is 0 Å². The molecule has 1 fully saturated rings. The van der Waals surface area contributed by atoms with E-state index in [1.165, 1.54) is 6.20 Å². The Kier molecular flexibility index (Phi) is 4.59. The number of carbonyl (C=O) groups is 1. The highest BCUT2D eigenvalue weighted by Gasteiger charge is 2.23. The molecule has 0 unspecified atom stereocenters. The minimum Gasteiger partial charge on any atom is -0.365 e. The van der Waals surface area contributed by atoms with Crippen molar-refractivity contribution in [3.63, 3.8) is 0 Å². The number of nitrogens with zero attached hydrogens (tertiary/aromatic N) is 4. The van der Waals surface area contributed by atoms with Crippen molar-refractivity contribution in [2.24, 2.45) is 11.5 Å². The first-order chi connectivity index (χ1) is 13.1. The SMILES string of the molecule is NC(=O)c1cnc(N[C@@H]2CCCC[C@@H]2N)nc1Nc1cnn2ccccc12. The van der Waals surface area contributed by atoms with Gasteiger partial charge in [-0.25, -0.2) is 9.50 Å². The van der Waals surface area contributed by atoms with Crippen molar-refractivity contribution >= 4 is 28.9 Å². The summed E-state index contributed by atoms with van der Waals surface area (Å²) >= 11 is 0. The molecular weight excluding hydrogens is 344 g/mol. The van der Waals surface area contributed by atoms with Gasteiger partial charge in [-0.1, -0.05) is 18.9 Å². The fourth-order valence-corrected chi connectivity index (χ4v) is 3.39. The van der Waals surface area contributed by atoms with Crippen molar-refractivity contribution in [1.29, 1.82) is 0 Å². The van der Waals surface area contributed by atoms with Crippen molar-refractivity contribution < 1.29 is 4.79 Å². The predicted octanol–water partition coefficient (Wildman–Crippen LogP) is 1.65. The van der Waals surface area contributed by atoms with Gasteiger partial charge in [-0.05, 0) is 25.0 Å². The van der Waals surface area contributed by atoms with E-state index in [1.54, 1.807) is 10.7 Å². The van der Waals surface area contributed by atoms with E-state index in [-0.39, 0.29) is 17.6 Å². The van der Waals surface area contributed by atoms with Crippen LogP contribution in [0.25, 0.3) is 5.52 Å². The molecule has 3 heterocycles. The molecule has 1 aliphatic rings. The minimum atomic E-state index is -0.602. The summed E-state index contributed by atoms with van der Waals surface area (Å²) in [5.41, 5.74) is 13.5. The highest BCUT2D eigenvalue weighted by atomic mass is 16.1. The van der Waals surface area contributed by atoms with Gasteiger partial charge in [0, 0.05) is 24.5 Å². The molecule has 3 aromatic rings. The molecule has 0 aliphatic heterocycles. The minimum absolute atomic E-state index is 0.0641. The Morgan fingerprint density at radius 2 is 2.07 bits per heavy atom. The Bertz CT molecular complexity index is 969. The number of rotatable bonds is 5. The Labute approximate surface area is 156 Å². The maximum absolute atomic E-state index is 11.8. The van der Waals surface area contributed by atoms with E-state index in [0.29, 0.717) is 11.8 Å². The molecule has 0 radical (unpaired) electrons. The van der Waals surface area contributed by atoms with Crippen LogP contribution in [-0.4, -0.2) is 37.6 Å². The molecule has 1 amide bonds. The molecule has 3 aromatic heterocycles. The fraction of sp³-hybridized carbons (Fsp3) is 0.333. The largest absolute Gasteiger partial charge is 0.365 e. The van der Waals surface area contributed by atoms with Crippen LogP contribution in [0, 0.1) is 0 Å². The number of hydrogen-bond acceptors (Lipinski definition) is 7. The number of pyridine rings is 1. The van der Waals surface area contributed by atoms with Crippen LogP contribution in [0.4, 0.5) is 17.5 Å². The zero-order valence-corrected chi connectivity index (χ0v) is 14.8. The number of aromatic nitrogens is 4. The van der Waals surface area contributed by atoms with Gasteiger partial charge < -0.3 is 22.1 Å². The molecule has 0 aromatic carbocycles. The fourth-order valence-electron chi connectivity index (χ4n) is 3.39. The second kappa shape index (κ2) is 7.20. The lowest BCUT2D eigenvalue weighted by Gasteiger charge is -2.29. The van der Waals surface area contributed by atoms with Gasteiger partial charge in [-0.3, -0.25) is 4.79 Å². The zero-order chi connectivity index (χ0) is 18.8. The summed E-state index contributed by atoms with van der Waals surface area (Å²) in [6, 6.07) is 5.89. The van der Waals surface area contributed by atoms with Gasteiger partial charge in [-0.15, -0.1) is 0 Å². The van der Waals surface area contributed by atoms with Gasteiger partial charge in [0.1, 0.15) is 11.4 Å². The highest BCUT2D eigenvalue weighted by Crippen LogP contribution is 2.25. The topological polar surface area (TPSA) is 136 Å². The molecular formula is C18H22N8O. The van der Waals surface area contributed by atoms with E-state index in [0.717, 1.165) is 36.9 Å². The second-order valence-electron chi connectivity index (χ2n) is 6.73. The van der Waals surface area contributed by atoms with Crippen molar-refractivity contribution in [3.8, 4) is 0 Å². The lowest BCUT2D eigenvalue weighted by Crippen LogP contribution is -2.43. The number of primary amides is 1.